The van der Waals surface area contributed by atoms with E-state index in [0.29, 0.717) is 23.1 Å². The van der Waals surface area contributed by atoms with E-state index in [9.17, 15) is 9.59 Å². The summed E-state index contributed by atoms with van der Waals surface area (Å²) in [6, 6.07) is 10.9. The highest BCUT2D eigenvalue weighted by Gasteiger charge is 2.09. The van der Waals surface area contributed by atoms with Crippen LogP contribution in [0.5, 0.6) is 0 Å². The minimum atomic E-state index is -0.166. The van der Waals surface area contributed by atoms with Crippen molar-refractivity contribution in [2.24, 2.45) is 0 Å². The van der Waals surface area contributed by atoms with Gasteiger partial charge in [-0.1, -0.05) is 36.8 Å². The molecule has 0 saturated heterocycles. The zero-order chi connectivity index (χ0) is 23.5. The molecule has 174 valence electrons. The van der Waals surface area contributed by atoms with E-state index in [1.165, 1.54) is 11.3 Å². The number of carbonyl (C=O) groups excluding carboxylic acids is 2. The second-order valence-corrected chi connectivity index (χ2v) is 8.80. The van der Waals surface area contributed by atoms with Crippen LogP contribution in [0, 0.1) is 0 Å². The topological polar surface area (TPSA) is 136 Å². The lowest BCUT2D eigenvalue weighted by molar-refractivity contribution is -0.116. The van der Waals surface area contributed by atoms with Gasteiger partial charge in [0.05, 0.1) is 12.1 Å². The van der Waals surface area contributed by atoms with E-state index in [1.807, 2.05) is 18.2 Å². The second kappa shape index (κ2) is 12.6. The van der Waals surface area contributed by atoms with Crippen molar-refractivity contribution in [1.82, 2.24) is 20.4 Å². The van der Waals surface area contributed by atoms with Crippen molar-refractivity contribution in [3.63, 3.8) is 0 Å². The van der Waals surface area contributed by atoms with Crippen LogP contribution in [-0.2, 0) is 28.9 Å². The summed E-state index contributed by atoms with van der Waals surface area (Å²) in [5.74, 6) is 0.248. The highest BCUT2D eigenvalue weighted by molar-refractivity contribution is 7.15. The van der Waals surface area contributed by atoms with Crippen molar-refractivity contribution in [1.29, 1.82) is 0 Å². The Balaban J connectivity index is 1.36. The third-order valence-electron chi connectivity index (χ3n) is 4.85. The number of hydrogen-bond acceptors (Lipinski definition) is 8. The molecular weight excluding hydrogens is 438 g/mol. The van der Waals surface area contributed by atoms with Crippen molar-refractivity contribution in [3.8, 4) is 0 Å². The molecule has 9 nitrogen and oxygen atoms in total. The quantitative estimate of drug-likeness (QED) is 0.272. The van der Waals surface area contributed by atoms with Crippen LogP contribution in [0.15, 0.2) is 36.4 Å². The van der Waals surface area contributed by atoms with Gasteiger partial charge in [-0.05, 0) is 55.5 Å². The third kappa shape index (κ3) is 8.57. The predicted molar refractivity (Wildman–Crippen MR) is 130 cm³/mol. The number of carbonyl (C=O) groups is 2. The van der Waals surface area contributed by atoms with Crippen molar-refractivity contribution in [2.75, 3.05) is 16.4 Å². The van der Waals surface area contributed by atoms with Crippen LogP contribution in [0.1, 0.15) is 55.3 Å². The number of hydrogen-bond donors (Lipinski definition) is 3. The number of aromatic nitrogens is 4. The minimum Gasteiger partial charge on any atom is -0.399 e. The number of amides is 2. The number of aryl methyl sites for hydroxylation is 2. The first-order chi connectivity index (χ1) is 16.0. The number of nitrogens with zero attached hydrogens (tertiary/aromatic N) is 4. The summed E-state index contributed by atoms with van der Waals surface area (Å²) in [7, 11) is 0. The van der Waals surface area contributed by atoms with Crippen molar-refractivity contribution < 1.29 is 9.59 Å². The molecule has 0 saturated carbocycles. The molecule has 0 aliphatic carbocycles. The molecule has 3 aromatic rings. The summed E-state index contributed by atoms with van der Waals surface area (Å²) in [4.78, 5) is 23.9. The van der Waals surface area contributed by atoms with Crippen molar-refractivity contribution >= 4 is 39.8 Å². The lowest BCUT2D eigenvalue weighted by atomic mass is 10.1. The SMILES string of the molecule is CCCCC(=O)Nc1nnc(CCCCc2ccc(NC(=O)Cc3cccc(N)c3)nn2)s1. The van der Waals surface area contributed by atoms with E-state index in [1.54, 1.807) is 18.2 Å². The molecule has 4 N–H and O–H groups in total. The average molecular weight is 468 g/mol. The molecule has 3 rings (SSSR count). The fourth-order valence-electron chi connectivity index (χ4n) is 3.14. The fourth-order valence-corrected chi connectivity index (χ4v) is 3.94. The maximum Gasteiger partial charge on any atom is 0.229 e. The summed E-state index contributed by atoms with van der Waals surface area (Å²) in [6.07, 6.45) is 6.03. The number of nitrogen functional groups attached to an aromatic ring is 1. The summed E-state index contributed by atoms with van der Waals surface area (Å²) in [5.41, 5.74) is 8.09. The minimum absolute atomic E-state index is 0.0116. The van der Waals surface area contributed by atoms with Crippen LogP contribution in [0.25, 0.3) is 0 Å². The maximum absolute atomic E-state index is 12.2. The summed E-state index contributed by atoms with van der Waals surface area (Å²) in [6.45, 7) is 2.05. The van der Waals surface area contributed by atoms with E-state index in [0.717, 1.165) is 54.8 Å². The molecule has 0 unspecified atom stereocenters. The first kappa shape index (κ1) is 24.2. The molecule has 2 aromatic heterocycles. The number of benzene rings is 1. The smallest absolute Gasteiger partial charge is 0.229 e. The summed E-state index contributed by atoms with van der Waals surface area (Å²) >= 11 is 1.42. The number of unbranched alkanes of at least 4 members (excludes halogenated alkanes) is 2. The van der Waals surface area contributed by atoms with Gasteiger partial charge in [-0.25, -0.2) is 0 Å². The Hall–Kier alpha value is -3.40. The molecule has 1 aromatic carbocycles. The molecule has 0 bridgehead atoms. The van der Waals surface area contributed by atoms with Crippen LogP contribution in [0.2, 0.25) is 0 Å². The molecule has 2 amide bonds. The molecule has 0 radical (unpaired) electrons. The summed E-state index contributed by atoms with van der Waals surface area (Å²) < 4.78 is 0. The highest BCUT2D eigenvalue weighted by atomic mass is 32.1. The summed E-state index contributed by atoms with van der Waals surface area (Å²) in [5, 5.41) is 23.5. The average Bonchev–Trinajstić information content (AvgIpc) is 3.23. The van der Waals surface area contributed by atoms with Gasteiger partial charge < -0.3 is 16.4 Å². The van der Waals surface area contributed by atoms with E-state index in [-0.39, 0.29) is 18.2 Å². The first-order valence-corrected chi connectivity index (χ1v) is 11.9. The van der Waals surface area contributed by atoms with Crippen LogP contribution in [-0.4, -0.2) is 32.2 Å². The predicted octanol–water partition coefficient (Wildman–Crippen LogP) is 3.79. The van der Waals surface area contributed by atoms with Crippen LogP contribution in [0.4, 0.5) is 16.6 Å². The van der Waals surface area contributed by atoms with Gasteiger partial charge in [0, 0.05) is 18.5 Å². The first-order valence-electron chi connectivity index (χ1n) is 11.1. The van der Waals surface area contributed by atoms with Crippen LogP contribution < -0.4 is 16.4 Å². The van der Waals surface area contributed by atoms with Crippen LogP contribution >= 0.6 is 11.3 Å². The Morgan fingerprint density at radius 1 is 0.939 bits per heavy atom. The Morgan fingerprint density at radius 2 is 1.79 bits per heavy atom. The standard InChI is InChI=1S/C23H29N7O2S/c1-2-3-10-20(31)26-23-30-29-22(33-23)11-5-4-9-18-12-13-19(28-27-18)25-21(32)15-16-7-6-8-17(24)14-16/h6-8,12-14H,2-5,9-11,15,24H2,1H3,(H,25,28,32)(H,26,30,31). The lowest BCUT2D eigenvalue weighted by Crippen LogP contribution is -2.16. The van der Waals surface area contributed by atoms with Crippen molar-refractivity contribution in [2.45, 2.75) is 58.3 Å². The second-order valence-electron chi connectivity index (χ2n) is 7.74. The fraction of sp³-hybridized carbons (Fsp3) is 0.391. The molecule has 33 heavy (non-hydrogen) atoms. The zero-order valence-corrected chi connectivity index (χ0v) is 19.5. The molecule has 0 aliphatic heterocycles. The monoisotopic (exact) mass is 467 g/mol. The highest BCUT2D eigenvalue weighted by Crippen LogP contribution is 2.18. The Morgan fingerprint density at radius 3 is 2.55 bits per heavy atom. The van der Waals surface area contributed by atoms with Gasteiger partial charge in [-0.3, -0.25) is 9.59 Å². The van der Waals surface area contributed by atoms with E-state index >= 15 is 0 Å². The Kier molecular flexibility index (Phi) is 9.25. The van der Waals surface area contributed by atoms with Gasteiger partial charge in [0.1, 0.15) is 5.01 Å². The van der Waals surface area contributed by atoms with Gasteiger partial charge in [0.2, 0.25) is 16.9 Å². The van der Waals surface area contributed by atoms with Gasteiger partial charge in [0.15, 0.2) is 5.82 Å². The molecule has 2 heterocycles. The van der Waals surface area contributed by atoms with Crippen molar-refractivity contribution in [3.05, 3.63) is 52.7 Å². The van der Waals surface area contributed by atoms with Gasteiger partial charge >= 0.3 is 0 Å². The van der Waals surface area contributed by atoms with Gasteiger partial charge in [-0.2, -0.15) is 5.10 Å². The Bertz CT molecular complexity index is 1050. The largest absolute Gasteiger partial charge is 0.399 e. The normalized spacial score (nSPS) is 10.7. The maximum atomic E-state index is 12.2. The lowest BCUT2D eigenvalue weighted by Gasteiger charge is -2.05. The number of nitrogens with two attached hydrogens (primary N) is 1. The zero-order valence-electron chi connectivity index (χ0n) is 18.7. The molecule has 0 aliphatic rings. The molecule has 10 heteroatoms. The number of rotatable bonds is 12. The molecule has 0 atom stereocenters. The van der Waals surface area contributed by atoms with E-state index in [4.69, 9.17) is 5.73 Å². The Labute approximate surface area is 197 Å². The number of anilines is 3. The van der Waals surface area contributed by atoms with Gasteiger partial charge in [-0.15, -0.1) is 15.3 Å². The molecular formula is C23H29N7O2S. The number of nitrogens with one attached hydrogen (secondary N) is 2. The molecule has 0 spiro atoms. The van der Waals surface area contributed by atoms with E-state index < -0.39 is 0 Å². The third-order valence-corrected chi connectivity index (χ3v) is 5.75. The van der Waals surface area contributed by atoms with E-state index in [2.05, 4.69) is 38.0 Å². The molecule has 0 fully saturated rings. The van der Waals surface area contributed by atoms with Gasteiger partial charge in [0.25, 0.3) is 0 Å². The van der Waals surface area contributed by atoms with Crippen LogP contribution in [0.3, 0.4) is 0 Å².